The summed E-state index contributed by atoms with van der Waals surface area (Å²) in [6, 6.07) is 3.07. The van der Waals surface area contributed by atoms with Crippen molar-refractivity contribution >= 4 is 0 Å². The zero-order valence-electron chi connectivity index (χ0n) is 8.31. The van der Waals surface area contributed by atoms with E-state index < -0.39 is 0 Å². The Labute approximate surface area is 83.1 Å². The predicted molar refractivity (Wildman–Crippen MR) is 53.4 cm³/mol. The summed E-state index contributed by atoms with van der Waals surface area (Å²) >= 11 is 0. The van der Waals surface area contributed by atoms with Gasteiger partial charge in [0.25, 0.3) is 0 Å². The van der Waals surface area contributed by atoms with E-state index in [9.17, 15) is 4.79 Å². The van der Waals surface area contributed by atoms with Crippen LogP contribution in [0.1, 0.15) is 0 Å². The second-order valence-corrected chi connectivity index (χ2v) is 2.88. The minimum Gasteiger partial charge on any atom is -0.382 e. The highest BCUT2D eigenvalue weighted by molar-refractivity contribution is 4.93. The molecule has 0 saturated heterocycles. The van der Waals surface area contributed by atoms with E-state index in [1.165, 1.54) is 12.1 Å². The van der Waals surface area contributed by atoms with Crippen molar-refractivity contribution in [2.24, 2.45) is 0 Å². The van der Waals surface area contributed by atoms with Gasteiger partial charge in [0, 0.05) is 38.2 Å². The first-order chi connectivity index (χ1) is 6.83. The molecule has 0 spiro atoms. The van der Waals surface area contributed by atoms with Gasteiger partial charge in [-0.15, -0.1) is 0 Å². The van der Waals surface area contributed by atoms with Gasteiger partial charge in [-0.25, -0.2) is 0 Å². The molecule has 1 heterocycles. The third kappa shape index (κ3) is 4.20. The van der Waals surface area contributed by atoms with Gasteiger partial charge in [-0.3, -0.25) is 4.79 Å². The monoisotopic (exact) mass is 197 g/mol. The molecule has 1 rings (SSSR count). The molecule has 0 amide bonds. The summed E-state index contributed by atoms with van der Waals surface area (Å²) in [5.74, 6) is 0. The molecule has 0 bridgehead atoms. The second-order valence-electron chi connectivity index (χ2n) is 2.88. The maximum atomic E-state index is 10.8. The Bertz CT molecular complexity index is 288. The van der Waals surface area contributed by atoms with Gasteiger partial charge in [0.05, 0.1) is 19.8 Å². The molecule has 0 saturated carbocycles. The SMILES string of the molecule is COCCOCCn1ccc(=O)cc1. The van der Waals surface area contributed by atoms with Gasteiger partial charge in [-0.2, -0.15) is 0 Å². The van der Waals surface area contributed by atoms with Crippen LogP contribution < -0.4 is 5.43 Å². The maximum absolute atomic E-state index is 10.8. The highest BCUT2D eigenvalue weighted by Gasteiger charge is 1.90. The van der Waals surface area contributed by atoms with Gasteiger partial charge in [-0.05, 0) is 0 Å². The van der Waals surface area contributed by atoms with Gasteiger partial charge in [-0.1, -0.05) is 0 Å². The van der Waals surface area contributed by atoms with E-state index in [1.807, 2.05) is 4.57 Å². The van der Waals surface area contributed by atoms with Crippen molar-refractivity contribution in [1.82, 2.24) is 4.57 Å². The number of aromatic nitrogens is 1. The van der Waals surface area contributed by atoms with E-state index in [2.05, 4.69) is 0 Å². The van der Waals surface area contributed by atoms with Crippen molar-refractivity contribution in [1.29, 1.82) is 0 Å². The zero-order valence-corrected chi connectivity index (χ0v) is 8.31. The standard InChI is InChI=1S/C10H15NO3/c1-13-8-9-14-7-6-11-4-2-10(12)3-5-11/h2-5H,6-9H2,1H3. The average Bonchev–Trinajstić information content (AvgIpc) is 2.21. The lowest BCUT2D eigenvalue weighted by Gasteiger charge is -2.06. The van der Waals surface area contributed by atoms with Crippen molar-refractivity contribution in [2.75, 3.05) is 26.9 Å². The fourth-order valence-corrected chi connectivity index (χ4v) is 1.01. The molecule has 0 aromatic carbocycles. The van der Waals surface area contributed by atoms with Crippen LogP contribution in [0.2, 0.25) is 0 Å². The van der Waals surface area contributed by atoms with Crippen molar-refractivity contribution in [3.05, 3.63) is 34.7 Å². The van der Waals surface area contributed by atoms with Crippen LogP contribution in [0.4, 0.5) is 0 Å². The second kappa shape index (κ2) is 6.34. The maximum Gasteiger partial charge on any atom is 0.181 e. The summed E-state index contributed by atoms with van der Waals surface area (Å²) < 4.78 is 12.0. The Morgan fingerprint density at radius 3 is 2.57 bits per heavy atom. The van der Waals surface area contributed by atoms with Crippen LogP contribution in [-0.4, -0.2) is 31.5 Å². The molecule has 78 valence electrons. The van der Waals surface area contributed by atoms with E-state index in [-0.39, 0.29) is 5.43 Å². The van der Waals surface area contributed by atoms with E-state index in [0.29, 0.717) is 19.8 Å². The zero-order chi connectivity index (χ0) is 10.2. The molecular weight excluding hydrogens is 182 g/mol. The Morgan fingerprint density at radius 2 is 1.93 bits per heavy atom. The predicted octanol–water partition coefficient (Wildman–Crippen LogP) is 0.511. The summed E-state index contributed by atoms with van der Waals surface area (Å²) in [6.45, 7) is 2.61. The van der Waals surface area contributed by atoms with Crippen molar-refractivity contribution in [3.63, 3.8) is 0 Å². The van der Waals surface area contributed by atoms with Crippen LogP contribution in [-0.2, 0) is 16.0 Å². The molecule has 0 aliphatic heterocycles. The van der Waals surface area contributed by atoms with Crippen LogP contribution in [0.5, 0.6) is 0 Å². The average molecular weight is 197 g/mol. The Hall–Kier alpha value is -1.13. The Balaban J connectivity index is 2.18. The molecule has 4 nitrogen and oxygen atoms in total. The number of nitrogens with zero attached hydrogens (tertiary/aromatic N) is 1. The normalized spacial score (nSPS) is 10.4. The van der Waals surface area contributed by atoms with E-state index in [0.717, 1.165) is 6.54 Å². The molecule has 14 heavy (non-hydrogen) atoms. The summed E-state index contributed by atoms with van der Waals surface area (Å²) in [7, 11) is 1.64. The largest absolute Gasteiger partial charge is 0.382 e. The van der Waals surface area contributed by atoms with Crippen LogP contribution in [0.3, 0.4) is 0 Å². The van der Waals surface area contributed by atoms with Gasteiger partial charge in [0.1, 0.15) is 0 Å². The fourth-order valence-electron chi connectivity index (χ4n) is 1.01. The third-order valence-electron chi connectivity index (χ3n) is 1.79. The molecule has 4 heteroatoms. The fraction of sp³-hybridized carbons (Fsp3) is 0.500. The highest BCUT2D eigenvalue weighted by Crippen LogP contribution is 1.85. The lowest BCUT2D eigenvalue weighted by atomic mass is 10.4. The lowest BCUT2D eigenvalue weighted by molar-refractivity contribution is 0.0665. The number of pyridine rings is 1. The quantitative estimate of drug-likeness (QED) is 0.624. The number of rotatable bonds is 6. The first-order valence-corrected chi connectivity index (χ1v) is 4.56. The van der Waals surface area contributed by atoms with E-state index in [4.69, 9.17) is 9.47 Å². The molecule has 0 aliphatic rings. The number of ether oxygens (including phenoxy) is 2. The molecule has 0 fully saturated rings. The Morgan fingerprint density at radius 1 is 1.21 bits per heavy atom. The van der Waals surface area contributed by atoms with E-state index in [1.54, 1.807) is 19.5 Å². The van der Waals surface area contributed by atoms with Gasteiger partial charge < -0.3 is 14.0 Å². The smallest absolute Gasteiger partial charge is 0.181 e. The van der Waals surface area contributed by atoms with Gasteiger partial charge in [0.2, 0.25) is 0 Å². The first-order valence-electron chi connectivity index (χ1n) is 4.56. The van der Waals surface area contributed by atoms with Gasteiger partial charge in [0.15, 0.2) is 5.43 Å². The minimum atomic E-state index is 0.0292. The van der Waals surface area contributed by atoms with Crippen LogP contribution in [0.25, 0.3) is 0 Å². The van der Waals surface area contributed by atoms with Crippen LogP contribution >= 0.6 is 0 Å². The molecule has 1 aromatic heterocycles. The topological polar surface area (TPSA) is 40.5 Å². The van der Waals surface area contributed by atoms with Crippen molar-refractivity contribution in [3.8, 4) is 0 Å². The van der Waals surface area contributed by atoms with Gasteiger partial charge >= 0.3 is 0 Å². The molecule has 0 unspecified atom stereocenters. The highest BCUT2D eigenvalue weighted by atomic mass is 16.5. The Kier molecular flexibility index (Phi) is 4.96. The summed E-state index contributed by atoms with van der Waals surface area (Å²) in [5, 5.41) is 0. The van der Waals surface area contributed by atoms with Crippen molar-refractivity contribution < 1.29 is 9.47 Å². The molecule has 0 aliphatic carbocycles. The molecule has 0 N–H and O–H groups in total. The van der Waals surface area contributed by atoms with Crippen molar-refractivity contribution in [2.45, 2.75) is 6.54 Å². The number of hydrogen-bond acceptors (Lipinski definition) is 3. The summed E-state index contributed by atoms with van der Waals surface area (Å²) in [4.78, 5) is 10.8. The molecule has 0 radical (unpaired) electrons. The number of methoxy groups -OCH3 is 1. The lowest BCUT2D eigenvalue weighted by Crippen LogP contribution is -2.10. The van der Waals surface area contributed by atoms with Crippen LogP contribution in [0.15, 0.2) is 29.3 Å². The van der Waals surface area contributed by atoms with E-state index >= 15 is 0 Å². The molecule has 0 atom stereocenters. The molecule has 1 aromatic rings. The first kappa shape index (κ1) is 10.9. The molecular formula is C10H15NO3. The minimum absolute atomic E-state index is 0.0292. The number of hydrogen-bond donors (Lipinski definition) is 0. The summed E-state index contributed by atoms with van der Waals surface area (Å²) in [6.07, 6.45) is 3.50. The van der Waals surface area contributed by atoms with Crippen LogP contribution in [0, 0.1) is 0 Å². The third-order valence-corrected chi connectivity index (χ3v) is 1.79. The summed E-state index contributed by atoms with van der Waals surface area (Å²) in [5.41, 5.74) is 0.0292.